The van der Waals surface area contributed by atoms with Crippen LogP contribution in [0.1, 0.15) is 84.6 Å². The highest BCUT2D eigenvalue weighted by Gasteiger charge is 2.39. The lowest BCUT2D eigenvalue weighted by Gasteiger charge is -2.30. The summed E-state index contributed by atoms with van der Waals surface area (Å²) >= 11 is 0. The van der Waals surface area contributed by atoms with Gasteiger partial charge in [-0.25, -0.2) is 14.6 Å². The Balaban J connectivity index is 2.01. The van der Waals surface area contributed by atoms with E-state index in [2.05, 4.69) is 37.3 Å². The molecule has 1 aromatic carbocycles. The number of aliphatic imine (C=N–C) groups is 1. The SMILES string of the molecule is C=CC(=O)OCCN(CCCCCC)C1=CC(=NC(C)=O)/C(=C2/C(=O)C(c3ccc(N(CCCCCC)CCOC(=O)C=C)cc3NC(C)=O)=C2O)C=C1. The zero-order chi connectivity index (χ0) is 39.6. The molecule has 12 nitrogen and oxygen atoms in total. The van der Waals surface area contributed by atoms with Crippen LogP contribution in [0.4, 0.5) is 11.4 Å². The van der Waals surface area contributed by atoms with Gasteiger partial charge < -0.3 is 29.7 Å². The number of nitrogens with zero attached hydrogens (tertiary/aromatic N) is 3. The van der Waals surface area contributed by atoms with E-state index in [0.717, 1.165) is 69.2 Å². The molecule has 0 aromatic heterocycles. The number of esters is 2. The molecule has 0 heterocycles. The Bertz CT molecular complexity index is 1750. The second-order valence-corrected chi connectivity index (χ2v) is 13.0. The van der Waals surface area contributed by atoms with Crippen LogP contribution in [-0.2, 0) is 33.4 Å². The third-order valence-electron chi connectivity index (χ3n) is 8.88. The van der Waals surface area contributed by atoms with Gasteiger partial charge in [0.05, 0.1) is 35.6 Å². The quantitative estimate of drug-likeness (QED) is 0.0724. The maximum absolute atomic E-state index is 13.9. The van der Waals surface area contributed by atoms with Gasteiger partial charge in [-0.2, -0.15) is 0 Å². The van der Waals surface area contributed by atoms with Crippen LogP contribution in [0, 0.1) is 0 Å². The van der Waals surface area contributed by atoms with E-state index in [1.54, 1.807) is 36.4 Å². The summed E-state index contributed by atoms with van der Waals surface area (Å²) in [5.74, 6) is -2.65. The van der Waals surface area contributed by atoms with Gasteiger partial charge >= 0.3 is 11.9 Å². The first kappa shape index (κ1) is 42.9. The Labute approximate surface area is 318 Å². The number of hydrogen-bond donors (Lipinski definition) is 2. The number of carbonyl (C=O) groups is 5. The fraction of sp³-hybridized carbons (Fsp3) is 0.429. The van der Waals surface area contributed by atoms with Gasteiger partial charge in [-0.05, 0) is 49.3 Å². The number of amides is 2. The second-order valence-electron chi connectivity index (χ2n) is 13.0. The molecule has 2 aliphatic rings. The average molecular weight is 743 g/mol. The number of benzene rings is 1. The molecule has 0 saturated heterocycles. The molecule has 0 fully saturated rings. The van der Waals surface area contributed by atoms with Gasteiger partial charge in [0.25, 0.3) is 0 Å². The van der Waals surface area contributed by atoms with Gasteiger partial charge in [0.2, 0.25) is 17.6 Å². The molecule has 12 heteroatoms. The molecule has 290 valence electrons. The molecule has 0 aliphatic heterocycles. The molecule has 0 bridgehead atoms. The molecular formula is C42H54N4O8. The van der Waals surface area contributed by atoms with Gasteiger partial charge in [0.1, 0.15) is 19.0 Å². The van der Waals surface area contributed by atoms with Crippen molar-refractivity contribution in [2.75, 3.05) is 49.6 Å². The van der Waals surface area contributed by atoms with E-state index in [0.29, 0.717) is 43.1 Å². The van der Waals surface area contributed by atoms with E-state index in [1.807, 2.05) is 9.80 Å². The maximum Gasteiger partial charge on any atom is 0.330 e. The van der Waals surface area contributed by atoms with Crippen LogP contribution in [0.3, 0.4) is 0 Å². The summed E-state index contributed by atoms with van der Waals surface area (Å²) in [5, 5.41) is 14.3. The zero-order valence-electron chi connectivity index (χ0n) is 32.1. The molecule has 0 unspecified atom stereocenters. The number of ether oxygens (including phenoxy) is 2. The summed E-state index contributed by atoms with van der Waals surface area (Å²) in [6.45, 7) is 16.2. The number of aliphatic hydroxyl groups is 1. The third kappa shape index (κ3) is 12.3. The van der Waals surface area contributed by atoms with Crippen LogP contribution in [-0.4, -0.2) is 84.6 Å². The molecule has 0 atom stereocenters. The van der Waals surface area contributed by atoms with E-state index < -0.39 is 23.6 Å². The fourth-order valence-corrected chi connectivity index (χ4v) is 6.16. The molecule has 2 aliphatic carbocycles. The van der Waals surface area contributed by atoms with Crippen LogP contribution in [0.5, 0.6) is 0 Å². The lowest BCUT2D eigenvalue weighted by atomic mass is 9.78. The molecular weight excluding hydrogens is 688 g/mol. The monoisotopic (exact) mass is 742 g/mol. The second kappa shape index (κ2) is 21.9. The van der Waals surface area contributed by atoms with E-state index in [1.165, 1.54) is 13.8 Å². The molecule has 3 rings (SSSR count). The minimum absolute atomic E-state index is 0.00500. The highest BCUT2D eigenvalue weighted by molar-refractivity contribution is 6.42. The standard InChI is InChI=1S/C42H54N4O8/c1-7-11-13-15-21-45(23-25-53-37(49)9-3)31-17-19-33(35(27-31)43-29(5)47)39-41(51)40(42(39)52)34-20-18-32(28-36(34)44-30(6)48)46(22-16-14-12-8-2)24-26-54-38(50)10-4/h9-10,17-20,27-28,51H,3-4,7-8,11-16,21-26H2,1-2,5-6H3,(H,43,47)/b40-34+,44-36?. The first-order chi connectivity index (χ1) is 25.9. The highest BCUT2D eigenvalue weighted by Crippen LogP contribution is 2.43. The average Bonchev–Trinajstić information content (AvgIpc) is 3.14. The fourth-order valence-electron chi connectivity index (χ4n) is 6.16. The summed E-state index contributed by atoms with van der Waals surface area (Å²) in [7, 11) is 0. The predicted octanol–water partition coefficient (Wildman–Crippen LogP) is 6.96. The van der Waals surface area contributed by atoms with E-state index in [4.69, 9.17) is 9.47 Å². The van der Waals surface area contributed by atoms with Gasteiger partial charge in [0, 0.05) is 61.6 Å². The van der Waals surface area contributed by atoms with Crippen molar-refractivity contribution in [1.29, 1.82) is 0 Å². The Morgan fingerprint density at radius 1 is 0.815 bits per heavy atom. The number of hydrogen-bond acceptors (Lipinski definition) is 10. The Morgan fingerprint density at radius 2 is 1.41 bits per heavy atom. The van der Waals surface area contributed by atoms with Crippen molar-refractivity contribution in [3.63, 3.8) is 0 Å². The summed E-state index contributed by atoms with van der Waals surface area (Å²) in [4.78, 5) is 70.2. The van der Waals surface area contributed by atoms with Crippen molar-refractivity contribution in [2.24, 2.45) is 4.99 Å². The maximum atomic E-state index is 13.9. The highest BCUT2D eigenvalue weighted by atomic mass is 16.5. The third-order valence-corrected chi connectivity index (χ3v) is 8.88. The van der Waals surface area contributed by atoms with Crippen LogP contribution in [0.2, 0.25) is 0 Å². The number of anilines is 2. The predicted molar refractivity (Wildman–Crippen MR) is 212 cm³/mol. The normalized spacial score (nSPS) is 15.7. The van der Waals surface area contributed by atoms with Gasteiger partial charge in [0.15, 0.2) is 0 Å². The smallest absolute Gasteiger partial charge is 0.330 e. The van der Waals surface area contributed by atoms with Crippen LogP contribution in [0.15, 0.2) is 89.3 Å². The molecule has 0 saturated carbocycles. The number of allylic oxidation sites excluding steroid dienone is 6. The van der Waals surface area contributed by atoms with Crippen molar-refractivity contribution >= 4 is 52.2 Å². The van der Waals surface area contributed by atoms with Crippen molar-refractivity contribution in [3.8, 4) is 0 Å². The Morgan fingerprint density at radius 3 is 1.94 bits per heavy atom. The first-order valence-corrected chi connectivity index (χ1v) is 18.7. The largest absolute Gasteiger partial charge is 0.506 e. The number of aliphatic hydroxyl groups excluding tert-OH is 1. The summed E-state index contributed by atoms with van der Waals surface area (Å²) in [6.07, 6.45) is 15.5. The lowest BCUT2D eigenvalue weighted by molar-refractivity contribution is -0.138. The molecule has 2 amide bonds. The molecule has 54 heavy (non-hydrogen) atoms. The van der Waals surface area contributed by atoms with E-state index in [9.17, 15) is 29.1 Å². The number of ketones is 1. The van der Waals surface area contributed by atoms with Crippen molar-refractivity contribution in [2.45, 2.75) is 79.1 Å². The molecule has 1 aromatic rings. The number of unbranched alkanes of at least 4 members (excludes halogenated alkanes) is 6. The zero-order valence-corrected chi connectivity index (χ0v) is 32.1. The van der Waals surface area contributed by atoms with E-state index >= 15 is 0 Å². The first-order valence-electron chi connectivity index (χ1n) is 18.7. The topological polar surface area (TPSA) is 155 Å². The summed E-state index contributed by atoms with van der Waals surface area (Å²) in [5.41, 5.74) is 2.63. The van der Waals surface area contributed by atoms with Crippen molar-refractivity contribution < 1.29 is 38.6 Å². The molecule has 0 radical (unpaired) electrons. The Kier molecular flexibility index (Phi) is 17.4. The van der Waals surface area contributed by atoms with E-state index in [-0.39, 0.29) is 47.3 Å². The van der Waals surface area contributed by atoms with Gasteiger partial charge in [-0.15, -0.1) is 0 Å². The van der Waals surface area contributed by atoms with Crippen LogP contribution >= 0.6 is 0 Å². The molecule has 2 N–H and O–H groups in total. The number of nitrogens with one attached hydrogen (secondary N) is 1. The van der Waals surface area contributed by atoms with Crippen LogP contribution < -0.4 is 10.2 Å². The minimum Gasteiger partial charge on any atom is -0.506 e. The Hall–Kier alpha value is -5.52. The summed E-state index contributed by atoms with van der Waals surface area (Å²) < 4.78 is 10.5. The van der Waals surface area contributed by atoms with Crippen LogP contribution in [0.25, 0.3) is 5.57 Å². The minimum atomic E-state index is -0.524. The molecule has 0 spiro atoms. The lowest BCUT2D eigenvalue weighted by Crippen LogP contribution is -2.31. The number of rotatable bonds is 22. The summed E-state index contributed by atoms with van der Waals surface area (Å²) in [6, 6.07) is 5.22. The van der Waals surface area contributed by atoms with Crippen molar-refractivity contribution in [3.05, 3.63) is 89.9 Å². The van der Waals surface area contributed by atoms with Gasteiger partial charge in [-0.1, -0.05) is 65.5 Å². The number of carbonyl (C=O) groups excluding carboxylic acids is 5. The number of Topliss-reactive ketones (excluding diaryl/α,β-unsaturated/α-hetero) is 1. The van der Waals surface area contributed by atoms with Gasteiger partial charge in [-0.3, -0.25) is 14.4 Å². The van der Waals surface area contributed by atoms with Crippen molar-refractivity contribution in [1.82, 2.24) is 4.90 Å².